The number of ether oxygens (including phenoxy) is 1. The van der Waals surface area contributed by atoms with Crippen molar-refractivity contribution in [3.05, 3.63) is 35.5 Å². The van der Waals surface area contributed by atoms with E-state index in [0.717, 1.165) is 16.3 Å². The Bertz CT molecular complexity index is 1080. The highest BCUT2D eigenvalue weighted by atomic mass is 32.2. The molecule has 4 rings (SSSR count). The molecule has 9 nitrogen and oxygen atoms in total. The number of hydrogen-bond acceptors (Lipinski definition) is 8. The molecule has 10 heteroatoms. The van der Waals surface area contributed by atoms with Gasteiger partial charge in [0.25, 0.3) is 5.91 Å². The van der Waals surface area contributed by atoms with Gasteiger partial charge >= 0.3 is 0 Å². The zero-order chi connectivity index (χ0) is 20.6. The molecule has 0 spiro atoms. The summed E-state index contributed by atoms with van der Waals surface area (Å²) >= 11 is 1.48. The maximum atomic E-state index is 12.8. The fourth-order valence-electron chi connectivity index (χ4n) is 3.07. The molecule has 1 amide bonds. The third-order valence-electron chi connectivity index (χ3n) is 5.06. The molecule has 3 heterocycles. The van der Waals surface area contributed by atoms with Gasteiger partial charge in [-0.15, -0.1) is 11.8 Å². The van der Waals surface area contributed by atoms with Crippen LogP contribution in [0.3, 0.4) is 0 Å². The summed E-state index contributed by atoms with van der Waals surface area (Å²) in [5.74, 6) is 0.232. The number of amides is 1. The van der Waals surface area contributed by atoms with Crippen molar-refractivity contribution in [2.45, 2.75) is 36.9 Å². The lowest BCUT2D eigenvalue weighted by molar-refractivity contribution is 0.0897. The first kappa shape index (κ1) is 19.6. The van der Waals surface area contributed by atoms with E-state index in [2.05, 4.69) is 25.3 Å². The predicted molar refractivity (Wildman–Crippen MR) is 108 cm³/mol. The van der Waals surface area contributed by atoms with Crippen LogP contribution in [0.5, 0.6) is 5.88 Å². The second-order valence-electron chi connectivity index (χ2n) is 7.12. The molecular weight excluding hydrogens is 392 g/mol. The SMILES string of the molecule is COc1ncnc(Cn2cc(C(=O)NCC3(O)CC3)c3ncc(SC)nc32)c1C. The van der Waals surface area contributed by atoms with Crippen molar-refractivity contribution in [3.63, 3.8) is 0 Å². The molecule has 2 N–H and O–H groups in total. The van der Waals surface area contributed by atoms with Crippen LogP contribution >= 0.6 is 11.8 Å². The third kappa shape index (κ3) is 3.90. The molecule has 1 aliphatic rings. The van der Waals surface area contributed by atoms with Gasteiger partial charge in [-0.1, -0.05) is 0 Å². The van der Waals surface area contributed by atoms with Crippen LogP contribution in [0.2, 0.25) is 0 Å². The van der Waals surface area contributed by atoms with Crippen LogP contribution in [0.15, 0.2) is 23.7 Å². The molecule has 29 heavy (non-hydrogen) atoms. The molecule has 0 aliphatic heterocycles. The minimum atomic E-state index is -0.764. The predicted octanol–water partition coefficient (Wildman–Crippen LogP) is 1.56. The van der Waals surface area contributed by atoms with E-state index in [-0.39, 0.29) is 12.5 Å². The van der Waals surface area contributed by atoms with Crippen LogP contribution in [0.4, 0.5) is 0 Å². The van der Waals surface area contributed by atoms with E-state index < -0.39 is 5.60 Å². The fourth-order valence-corrected chi connectivity index (χ4v) is 3.41. The number of nitrogens with one attached hydrogen (secondary N) is 1. The normalized spacial score (nSPS) is 14.8. The number of aromatic nitrogens is 5. The van der Waals surface area contributed by atoms with E-state index in [1.54, 1.807) is 19.5 Å². The number of methoxy groups -OCH3 is 1. The summed E-state index contributed by atoms with van der Waals surface area (Å²) in [6.45, 7) is 2.52. The average molecular weight is 414 g/mol. The molecule has 0 unspecified atom stereocenters. The maximum Gasteiger partial charge on any atom is 0.255 e. The minimum absolute atomic E-state index is 0.233. The Morgan fingerprint density at radius 3 is 2.86 bits per heavy atom. The highest BCUT2D eigenvalue weighted by molar-refractivity contribution is 7.98. The number of rotatable bonds is 7. The van der Waals surface area contributed by atoms with Gasteiger partial charge in [0.05, 0.1) is 36.7 Å². The zero-order valence-electron chi connectivity index (χ0n) is 16.5. The molecule has 3 aromatic heterocycles. The van der Waals surface area contributed by atoms with E-state index in [1.165, 1.54) is 18.1 Å². The zero-order valence-corrected chi connectivity index (χ0v) is 17.3. The number of thioether (sulfide) groups is 1. The third-order valence-corrected chi connectivity index (χ3v) is 5.67. The molecule has 1 aliphatic carbocycles. The highest BCUT2D eigenvalue weighted by Gasteiger charge is 2.40. The Balaban J connectivity index is 1.72. The lowest BCUT2D eigenvalue weighted by Crippen LogP contribution is -2.33. The van der Waals surface area contributed by atoms with Crippen LogP contribution in [0.1, 0.15) is 34.5 Å². The Labute approximate surface area is 171 Å². The van der Waals surface area contributed by atoms with Crippen molar-refractivity contribution < 1.29 is 14.6 Å². The van der Waals surface area contributed by atoms with Gasteiger partial charge in [-0.3, -0.25) is 4.79 Å². The van der Waals surface area contributed by atoms with Crippen molar-refractivity contribution in [2.75, 3.05) is 19.9 Å². The Kier molecular flexibility index (Phi) is 5.13. The van der Waals surface area contributed by atoms with Gasteiger partial charge in [-0.05, 0) is 26.0 Å². The van der Waals surface area contributed by atoms with Gasteiger partial charge < -0.3 is 19.7 Å². The molecule has 152 valence electrons. The number of carbonyl (C=O) groups excluding carboxylic acids is 1. The minimum Gasteiger partial charge on any atom is -0.481 e. The first-order valence-electron chi connectivity index (χ1n) is 9.19. The van der Waals surface area contributed by atoms with E-state index in [9.17, 15) is 9.90 Å². The van der Waals surface area contributed by atoms with Crippen LogP contribution in [-0.4, -0.2) is 61.0 Å². The van der Waals surface area contributed by atoms with Crippen molar-refractivity contribution in [3.8, 4) is 5.88 Å². The van der Waals surface area contributed by atoms with Crippen molar-refractivity contribution in [1.82, 2.24) is 29.8 Å². The molecule has 0 radical (unpaired) electrons. The fraction of sp³-hybridized carbons (Fsp3) is 0.421. The number of fused-ring (bicyclic) bond motifs is 1. The van der Waals surface area contributed by atoms with Crippen LogP contribution in [-0.2, 0) is 6.54 Å². The molecule has 1 saturated carbocycles. The van der Waals surface area contributed by atoms with Crippen molar-refractivity contribution in [1.29, 1.82) is 0 Å². The van der Waals surface area contributed by atoms with Crippen LogP contribution in [0.25, 0.3) is 11.2 Å². The number of nitrogens with zero attached hydrogens (tertiary/aromatic N) is 5. The van der Waals surface area contributed by atoms with Crippen molar-refractivity contribution in [2.24, 2.45) is 0 Å². The first-order valence-corrected chi connectivity index (χ1v) is 10.4. The van der Waals surface area contributed by atoms with Crippen molar-refractivity contribution >= 4 is 28.8 Å². The van der Waals surface area contributed by atoms with E-state index in [0.29, 0.717) is 42.0 Å². The standard InChI is InChI=1S/C19H22N6O3S/c1-11-13(22-10-23-18(11)28-2)8-25-7-12(17(26)21-9-19(27)4-5-19)15-16(25)24-14(29-3)6-20-15/h6-7,10,27H,4-5,8-9H2,1-3H3,(H,21,26). The Morgan fingerprint density at radius 1 is 1.38 bits per heavy atom. The molecule has 0 aromatic carbocycles. The van der Waals surface area contributed by atoms with E-state index in [4.69, 9.17) is 4.74 Å². The quantitative estimate of drug-likeness (QED) is 0.560. The largest absolute Gasteiger partial charge is 0.481 e. The van der Waals surface area contributed by atoms with Gasteiger partial charge in [0.2, 0.25) is 5.88 Å². The van der Waals surface area contributed by atoms with Gasteiger partial charge in [0.1, 0.15) is 16.9 Å². The lowest BCUT2D eigenvalue weighted by atomic mass is 10.2. The van der Waals surface area contributed by atoms with Gasteiger partial charge in [0.15, 0.2) is 5.65 Å². The second-order valence-corrected chi connectivity index (χ2v) is 7.94. The van der Waals surface area contributed by atoms with Gasteiger partial charge in [0, 0.05) is 18.3 Å². The summed E-state index contributed by atoms with van der Waals surface area (Å²) in [6, 6.07) is 0. The summed E-state index contributed by atoms with van der Waals surface area (Å²) in [6.07, 6.45) is 8.18. The molecule has 3 aromatic rings. The monoisotopic (exact) mass is 414 g/mol. The average Bonchev–Trinajstić information content (AvgIpc) is 3.37. The van der Waals surface area contributed by atoms with Gasteiger partial charge in [-0.25, -0.2) is 19.9 Å². The molecule has 0 atom stereocenters. The number of carbonyl (C=O) groups is 1. The summed E-state index contributed by atoms with van der Waals surface area (Å²) in [5, 5.41) is 13.6. The first-order chi connectivity index (χ1) is 13.9. The molecule has 0 saturated heterocycles. The number of aliphatic hydroxyl groups is 1. The highest BCUT2D eigenvalue weighted by Crippen LogP contribution is 2.34. The second kappa shape index (κ2) is 7.60. The maximum absolute atomic E-state index is 12.8. The van der Waals surface area contributed by atoms with Gasteiger partial charge in [-0.2, -0.15) is 0 Å². The van der Waals surface area contributed by atoms with E-state index in [1.807, 2.05) is 17.7 Å². The van der Waals surface area contributed by atoms with E-state index >= 15 is 0 Å². The molecule has 1 fully saturated rings. The molecular formula is C19H22N6O3S. The lowest BCUT2D eigenvalue weighted by Gasteiger charge is -2.09. The topological polar surface area (TPSA) is 115 Å². The number of hydrogen-bond donors (Lipinski definition) is 2. The summed E-state index contributed by atoms with van der Waals surface area (Å²) in [7, 11) is 1.57. The summed E-state index contributed by atoms with van der Waals surface area (Å²) < 4.78 is 7.14. The molecule has 0 bridgehead atoms. The smallest absolute Gasteiger partial charge is 0.255 e. The Morgan fingerprint density at radius 2 is 2.17 bits per heavy atom. The Hall–Kier alpha value is -2.72. The summed E-state index contributed by atoms with van der Waals surface area (Å²) in [4.78, 5) is 30.4. The van der Waals surface area contributed by atoms with Crippen LogP contribution in [0, 0.1) is 6.92 Å². The summed E-state index contributed by atoms with van der Waals surface area (Å²) in [5.41, 5.74) is 2.37. The van der Waals surface area contributed by atoms with Crippen LogP contribution < -0.4 is 10.1 Å².